The van der Waals surface area contributed by atoms with Gasteiger partial charge in [0.2, 0.25) is 0 Å². The third-order valence-electron chi connectivity index (χ3n) is 4.60. The molecule has 1 aromatic carbocycles. The zero-order valence-electron chi connectivity index (χ0n) is 14.6. The molecule has 6 nitrogen and oxygen atoms in total. The van der Waals surface area contributed by atoms with Crippen molar-refractivity contribution < 1.29 is 14.1 Å². The Morgan fingerprint density at radius 1 is 1.30 bits per heavy atom. The molecule has 27 heavy (non-hydrogen) atoms. The number of rotatable bonds is 6. The minimum Gasteiger partial charge on any atom is -0.482 e. The van der Waals surface area contributed by atoms with Crippen LogP contribution in [0.15, 0.2) is 28.8 Å². The number of carbonyl (C=O) groups is 1. The highest BCUT2D eigenvalue weighted by Crippen LogP contribution is 2.33. The fourth-order valence-electron chi connectivity index (χ4n) is 3.17. The predicted octanol–water partition coefficient (Wildman–Crippen LogP) is 4.23. The van der Waals surface area contributed by atoms with E-state index in [0.29, 0.717) is 34.0 Å². The van der Waals surface area contributed by atoms with Gasteiger partial charge in [0.05, 0.1) is 10.0 Å². The van der Waals surface area contributed by atoms with Gasteiger partial charge in [-0.15, -0.1) is 12.4 Å². The fraction of sp³-hybridized carbons (Fsp3) is 0.444. The summed E-state index contributed by atoms with van der Waals surface area (Å²) in [5, 5.41) is 7.65. The number of ether oxygens (including phenoxy) is 1. The van der Waals surface area contributed by atoms with Crippen LogP contribution in [0.1, 0.15) is 41.9 Å². The Balaban J connectivity index is 0.00000261. The second-order valence-corrected chi connectivity index (χ2v) is 7.19. The molecule has 9 heteroatoms. The van der Waals surface area contributed by atoms with E-state index in [0.717, 1.165) is 25.7 Å². The molecule has 0 radical (unpaired) electrons. The molecule has 1 aliphatic rings. The highest BCUT2D eigenvalue weighted by molar-refractivity contribution is 6.37. The van der Waals surface area contributed by atoms with Crippen LogP contribution < -0.4 is 15.8 Å². The van der Waals surface area contributed by atoms with Crippen LogP contribution in [-0.2, 0) is 6.61 Å². The van der Waals surface area contributed by atoms with Crippen molar-refractivity contribution in [2.45, 2.75) is 38.3 Å². The average Bonchev–Trinajstić information content (AvgIpc) is 3.11. The van der Waals surface area contributed by atoms with E-state index in [1.54, 1.807) is 24.3 Å². The van der Waals surface area contributed by atoms with E-state index in [-0.39, 0.29) is 36.7 Å². The zero-order valence-corrected chi connectivity index (χ0v) is 16.9. The van der Waals surface area contributed by atoms with Crippen molar-refractivity contribution in [3.8, 4) is 5.75 Å². The van der Waals surface area contributed by atoms with Crippen LogP contribution in [0.3, 0.4) is 0 Å². The Hall–Kier alpha value is -1.47. The number of hydrogen-bond donors (Lipinski definition) is 2. The molecule has 0 spiro atoms. The molecular formula is C18H22Cl3N3O3. The topological polar surface area (TPSA) is 90.4 Å². The van der Waals surface area contributed by atoms with Crippen LogP contribution in [0.2, 0.25) is 10.0 Å². The lowest BCUT2D eigenvalue weighted by Gasteiger charge is -2.30. The number of carbonyl (C=O) groups excluding carboxylic acids is 1. The monoisotopic (exact) mass is 433 g/mol. The summed E-state index contributed by atoms with van der Waals surface area (Å²) in [6.07, 6.45) is 4.23. The molecular weight excluding hydrogens is 413 g/mol. The number of aromatic nitrogens is 1. The zero-order chi connectivity index (χ0) is 18.5. The van der Waals surface area contributed by atoms with E-state index in [1.807, 2.05) is 0 Å². The molecule has 2 unspecified atom stereocenters. The van der Waals surface area contributed by atoms with E-state index >= 15 is 0 Å². The van der Waals surface area contributed by atoms with Gasteiger partial charge in [0, 0.05) is 12.1 Å². The lowest BCUT2D eigenvalue weighted by Crippen LogP contribution is -2.44. The van der Waals surface area contributed by atoms with Crippen LogP contribution in [0.4, 0.5) is 0 Å². The molecule has 2 aromatic rings. The maximum Gasteiger partial charge on any atom is 0.273 e. The van der Waals surface area contributed by atoms with E-state index < -0.39 is 0 Å². The van der Waals surface area contributed by atoms with Crippen molar-refractivity contribution in [2.24, 2.45) is 11.7 Å². The maximum absolute atomic E-state index is 12.4. The molecule has 0 bridgehead atoms. The molecule has 1 saturated carbocycles. The SMILES string of the molecule is Cl.NCC1CCCCC1NC(=O)c1cc(COc2c(Cl)cccc2Cl)on1. The van der Waals surface area contributed by atoms with Gasteiger partial charge in [-0.25, -0.2) is 0 Å². The average molecular weight is 435 g/mol. The van der Waals surface area contributed by atoms with Gasteiger partial charge in [-0.1, -0.05) is 47.3 Å². The van der Waals surface area contributed by atoms with Crippen LogP contribution >= 0.6 is 35.6 Å². The normalized spacial score (nSPS) is 19.2. The van der Waals surface area contributed by atoms with E-state index in [1.165, 1.54) is 0 Å². The third kappa shape index (κ3) is 5.51. The number of nitrogens with one attached hydrogen (secondary N) is 1. The van der Waals surface area contributed by atoms with Gasteiger partial charge in [0.15, 0.2) is 17.2 Å². The molecule has 3 N–H and O–H groups in total. The van der Waals surface area contributed by atoms with Crippen LogP contribution in [0.25, 0.3) is 0 Å². The summed E-state index contributed by atoms with van der Waals surface area (Å²) in [5.41, 5.74) is 6.03. The smallest absolute Gasteiger partial charge is 0.273 e. The molecule has 0 saturated heterocycles. The first-order valence-electron chi connectivity index (χ1n) is 8.62. The van der Waals surface area contributed by atoms with Gasteiger partial charge in [0.25, 0.3) is 5.91 Å². The van der Waals surface area contributed by atoms with E-state index in [9.17, 15) is 4.79 Å². The third-order valence-corrected chi connectivity index (χ3v) is 5.19. The van der Waals surface area contributed by atoms with Crippen molar-refractivity contribution in [1.82, 2.24) is 10.5 Å². The molecule has 2 atom stereocenters. The fourth-order valence-corrected chi connectivity index (χ4v) is 3.68. The molecule has 0 aliphatic heterocycles. The van der Waals surface area contributed by atoms with Gasteiger partial charge in [-0.3, -0.25) is 4.79 Å². The van der Waals surface area contributed by atoms with Crippen LogP contribution in [-0.4, -0.2) is 23.7 Å². The maximum atomic E-state index is 12.4. The molecule has 148 valence electrons. The number of hydrogen-bond acceptors (Lipinski definition) is 5. The van der Waals surface area contributed by atoms with E-state index in [4.69, 9.17) is 38.2 Å². The summed E-state index contributed by atoms with van der Waals surface area (Å²) in [4.78, 5) is 12.4. The van der Waals surface area contributed by atoms with Gasteiger partial charge in [0.1, 0.15) is 6.61 Å². The number of amides is 1. The largest absolute Gasteiger partial charge is 0.482 e. The Labute approximate surface area is 174 Å². The van der Waals surface area contributed by atoms with Crippen molar-refractivity contribution in [3.05, 3.63) is 45.8 Å². The van der Waals surface area contributed by atoms with Crippen molar-refractivity contribution in [3.63, 3.8) is 0 Å². The Morgan fingerprint density at radius 2 is 2.00 bits per heavy atom. The molecule has 3 rings (SSSR count). The molecule has 1 amide bonds. The summed E-state index contributed by atoms with van der Waals surface area (Å²) in [6.45, 7) is 0.639. The molecule has 1 fully saturated rings. The molecule has 1 aliphatic carbocycles. The van der Waals surface area contributed by atoms with Crippen molar-refractivity contribution in [2.75, 3.05) is 6.54 Å². The van der Waals surface area contributed by atoms with Gasteiger partial charge >= 0.3 is 0 Å². The van der Waals surface area contributed by atoms with Gasteiger partial charge in [-0.2, -0.15) is 0 Å². The summed E-state index contributed by atoms with van der Waals surface area (Å²) in [6, 6.07) is 6.73. The minimum atomic E-state index is -0.263. The molecule has 1 heterocycles. The van der Waals surface area contributed by atoms with Gasteiger partial charge < -0.3 is 20.3 Å². The second kappa shape index (κ2) is 10.2. The Kier molecular flexibility index (Phi) is 8.23. The van der Waals surface area contributed by atoms with Crippen LogP contribution in [0.5, 0.6) is 5.75 Å². The lowest BCUT2D eigenvalue weighted by atomic mass is 9.84. The standard InChI is InChI=1S/C18H21Cl2N3O3.ClH/c19-13-5-3-6-14(20)17(13)25-10-12-8-16(23-26-12)18(24)22-15-7-2-1-4-11(15)9-21;/h3,5-6,8,11,15H,1-2,4,7,9-10,21H2,(H,22,24);1H. The van der Waals surface area contributed by atoms with Gasteiger partial charge in [-0.05, 0) is 37.4 Å². The van der Waals surface area contributed by atoms with Crippen LogP contribution in [0, 0.1) is 5.92 Å². The number of halogens is 3. The summed E-state index contributed by atoms with van der Waals surface area (Å²) in [5.74, 6) is 0.822. The number of benzene rings is 1. The number of nitrogens with two attached hydrogens (primary N) is 1. The number of para-hydroxylation sites is 1. The van der Waals surface area contributed by atoms with Crippen molar-refractivity contribution >= 4 is 41.5 Å². The highest BCUT2D eigenvalue weighted by Gasteiger charge is 2.26. The van der Waals surface area contributed by atoms with Crippen molar-refractivity contribution in [1.29, 1.82) is 0 Å². The lowest BCUT2D eigenvalue weighted by molar-refractivity contribution is 0.0898. The second-order valence-electron chi connectivity index (χ2n) is 6.38. The predicted molar refractivity (Wildman–Crippen MR) is 107 cm³/mol. The van der Waals surface area contributed by atoms with E-state index in [2.05, 4.69) is 10.5 Å². The summed E-state index contributed by atoms with van der Waals surface area (Å²) in [7, 11) is 0. The molecule has 1 aromatic heterocycles. The highest BCUT2D eigenvalue weighted by atomic mass is 35.5. The number of nitrogens with zero attached hydrogens (tertiary/aromatic N) is 1. The Bertz CT molecular complexity index is 749. The summed E-state index contributed by atoms with van der Waals surface area (Å²) < 4.78 is 10.8. The quantitative estimate of drug-likeness (QED) is 0.710. The first-order valence-corrected chi connectivity index (χ1v) is 9.37. The summed E-state index contributed by atoms with van der Waals surface area (Å²) >= 11 is 12.1. The minimum absolute atomic E-state index is 0. The Morgan fingerprint density at radius 3 is 2.70 bits per heavy atom. The first-order chi connectivity index (χ1) is 12.6. The first kappa shape index (κ1) is 21.8.